The second kappa shape index (κ2) is 14.5. The molecule has 1 N–H and O–H groups in total. The first-order valence-corrected chi connectivity index (χ1v) is 12.3. The summed E-state index contributed by atoms with van der Waals surface area (Å²) in [6, 6.07) is 9.57. The molecule has 1 amide bonds. The lowest BCUT2D eigenvalue weighted by Crippen LogP contribution is -2.28. The Labute approximate surface area is 198 Å². The van der Waals surface area contributed by atoms with Crippen LogP contribution in [0.4, 0.5) is 0 Å². The molecule has 5 nitrogen and oxygen atoms in total. The van der Waals surface area contributed by atoms with E-state index in [2.05, 4.69) is 19.2 Å². The predicted octanol–water partition coefficient (Wildman–Crippen LogP) is 5.87. The summed E-state index contributed by atoms with van der Waals surface area (Å²) >= 11 is 0. The topological polar surface area (TPSA) is 64.6 Å². The quantitative estimate of drug-likeness (QED) is 0.475. The van der Waals surface area contributed by atoms with E-state index in [4.69, 9.17) is 9.47 Å². The Kier molecular flexibility index (Phi) is 11.7. The van der Waals surface area contributed by atoms with Crippen molar-refractivity contribution in [2.45, 2.75) is 72.5 Å². The van der Waals surface area contributed by atoms with Crippen molar-refractivity contribution in [3.8, 4) is 0 Å². The van der Waals surface area contributed by atoms with Crippen LogP contribution in [0, 0.1) is 11.8 Å². The first kappa shape index (κ1) is 26.6. The van der Waals surface area contributed by atoms with Crippen molar-refractivity contribution in [1.82, 2.24) is 5.32 Å². The zero-order valence-corrected chi connectivity index (χ0v) is 20.5. The van der Waals surface area contributed by atoms with Gasteiger partial charge in [0.15, 0.2) is 0 Å². The van der Waals surface area contributed by atoms with Gasteiger partial charge in [-0.2, -0.15) is 0 Å². The predicted molar refractivity (Wildman–Crippen MR) is 132 cm³/mol. The van der Waals surface area contributed by atoms with Crippen LogP contribution in [0.5, 0.6) is 0 Å². The highest BCUT2D eigenvalue weighted by Crippen LogP contribution is 2.25. The van der Waals surface area contributed by atoms with Crippen molar-refractivity contribution in [1.29, 1.82) is 0 Å². The van der Waals surface area contributed by atoms with E-state index in [1.165, 1.54) is 0 Å². The third-order valence-corrected chi connectivity index (χ3v) is 5.57. The van der Waals surface area contributed by atoms with Crippen LogP contribution < -0.4 is 5.32 Å². The van der Waals surface area contributed by atoms with E-state index in [9.17, 15) is 9.59 Å². The molecule has 0 bridgehead atoms. The summed E-state index contributed by atoms with van der Waals surface area (Å²) in [5, 5.41) is 2.99. The zero-order valence-electron chi connectivity index (χ0n) is 20.5. The van der Waals surface area contributed by atoms with Gasteiger partial charge in [0.25, 0.3) is 0 Å². The second-order valence-corrected chi connectivity index (χ2v) is 8.63. The smallest absolute Gasteiger partial charge is 0.338 e. The van der Waals surface area contributed by atoms with Crippen LogP contribution in [-0.2, 0) is 25.7 Å². The maximum atomic E-state index is 12.8. The van der Waals surface area contributed by atoms with Crippen LogP contribution in [0.15, 0.2) is 65.9 Å². The van der Waals surface area contributed by atoms with Crippen molar-refractivity contribution in [3.63, 3.8) is 0 Å². The molecule has 3 rings (SSSR count). The Morgan fingerprint density at radius 2 is 1.79 bits per heavy atom. The zero-order chi connectivity index (χ0) is 24.1. The molecular weight excluding hydrogens is 414 g/mol. The molecular formula is C28H39NO4. The lowest BCUT2D eigenvalue weighted by atomic mass is 10.1. The molecule has 2 aliphatic carbocycles. The minimum Gasteiger partial charge on any atom is -0.457 e. The first-order chi connectivity index (χ1) is 16.0. The number of rotatable bonds is 9. The fraction of sp³-hybridized carbons (Fsp3) is 0.500. The minimum atomic E-state index is -0.433. The minimum absolute atomic E-state index is 0.0181. The standard InChI is InChI=1S/C26H33NO4.C2H6/c1-19(2)14-15-30-24-13-12-23(27-25(28)21-10-6-7-11-21)16-22(17-24)26(29)31-18-20-8-4-3-5-9-20;1-2/h3-5,8-9,12-13,16-17,19,21,24H,6-7,10-11,14-15,18H2,1-2H3,(H,27,28);1-2H3. The number of hydrogen-bond acceptors (Lipinski definition) is 4. The molecule has 1 atom stereocenters. The molecule has 1 saturated carbocycles. The van der Waals surface area contributed by atoms with E-state index in [-0.39, 0.29) is 24.5 Å². The number of hydrogen-bond donors (Lipinski definition) is 1. The third-order valence-electron chi connectivity index (χ3n) is 5.57. The maximum Gasteiger partial charge on any atom is 0.338 e. The second-order valence-electron chi connectivity index (χ2n) is 8.63. The number of esters is 1. The van der Waals surface area contributed by atoms with Crippen LogP contribution in [0.2, 0.25) is 0 Å². The van der Waals surface area contributed by atoms with Crippen LogP contribution in [0.25, 0.3) is 0 Å². The van der Waals surface area contributed by atoms with Gasteiger partial charge in [-0.15, -0.1) is 0 Å². The normalized spacial score (nSPS) is 18.0. The Morgan fingerprint density at radius 3 is 2.45 bits per heavy atom. The molecule has 0 saturated heterocycles. The molecule has 0 spiro atoms. The number of benzene rings is 1. The van der Waals surface area contributed by atoms with E-state index in [1.807, 2.05) is 56.3 Å². The summed E-state index contributed by atoms with van der Waals surface area (Å²) < 4.78 is 11.5. The van der Waals surface area contributed by atoms with E-state index < -0.39 is 5.97 Å². The van der Waals surface area contributed by atoms with Crippen molar-refractivity contribution in [3.05, 3.63) is 71.5 Å². The molecule has 1 aromatic carbocycles. The van der Waals surface area contributed by atoms with Gasteiger partial charge >= 0.3 is 5.97 Å². The monoisotopic (exact) mass is 453 g/mol. The summed E-state index contributed by atoms with van der Waals surface area (Å²) in [6.07, 6.45) is 11.8. The maximum absolute atomic E-state index is 12.8. The van der Waals surface area contributed by atoms with Gasteiger partial charge < -0.3 is 14.8 Å². The molecule has 1 fully saturated rings. The van der Waals surface area contributed by atoms with Gasteiger partial charge in [0.2, 0.25) is 5.91 Å². The lowest BCUT2D eigenvalue weighted by Gasteiger charge is -2.12. The largest absolute Gasteiger partial charge is 0.457 e. The molecule has 0 aliphatic heterocycles. The van der Waals surface area contributed by atoms with Gasteiger partial charge in [-0.25, -0.2) is 4.79 Å². The third kappa shape index (κ3) is 9.39. The fourth-order valence-corrected chi connectivity index (χ4v) is 3.68. The summed E-state index contributed by atoms with van der Waals surface area (Å²) in [4.78, 5) is 25.4. The Balaban J connectivity index is 0.00000187. The SMILES string of the molecule is CC.CC(C)CCOC1C=CC(NC(=O)C2CCCC2)=CC(C(=O)OCc2ccccc2)=C1. The van der Waals surface area contributed by atoms with Crippen molar-refractivity contribution < 1.29 is 19.1 Å². The Bertz CT molecular complexity index is 833. The highest BCUT2D eigenvalue weighted by molar-refractivity contribution is 5.92. The molecule has 0 heterocycles. The van der Waals surface area contributed by atoms with Crippen LogP contribution in [0.3, 0.4) is 0 Å². The van der Waals surface area contributed by atoms with Gasteiger partial charge in [0, 0.05) is 18.2 Å². The summed E-state index contributed by atoms with van der Waals surface area (Å²) in [7, 11) is 0. The van der Waals surface area contributed by atoms with Crippen LogP contribution in [0.1, 0.15) is 65.4 Å². The number of ether oxygens (including phenoxy) is 2. The highest BCUT2D eigenvalue weighted by Gasteiger charge is 2.24. The van der Waals surface area contributed by atoms with Crippen LogP contribution in [-0.4, -0.2) is 24.6 Å². The van der Waals surface area contributed by atoms with E-state index in [1.54, 1.807) is 12.2 Å². The van der Waals surface area contributed by atoms with Gasteiger partial charge in [0.05, 0.1) is 11.7 Å². The van der Waals surface area contributed by atoms with E-state index in [0.29, 0.717) is 23.8 Å². The number of carbonyl (C=O) groups is 2. The summed E-state index contributed by atoms with van der Waals surface area (Å²) in [5.74, 6) is 0.170. The Hall–Kier alpha value is -2.66. The van der Waals surface area contributed by atoms with Crippen molar-refractivity contribution in [2.24, 2.45) is 11.8 Å². The number of carbonyl (C=O) groups excluding carboxylic acids is 2. The van der Waals surface area contributed by atoms with Crippen molar-refractivity contribution >= 4 is 11.9 Å². The van der Waals surface area contributed by atoms with Crippen molar-refractivity contribution in [2.75, 3.05) is 6.61 Å². The Morgan fingerprint density at radius 1 is 1.09 bits per heavy atom. The first-order valence-electron chi connectivity index (χ1n) is 12.3. The number of allylic oxidation sites excluding steroid dienone is 1. The highest BCUT2D eigenvalue weighted by atomic mass is 16.5. The molecule has 5 heteroatoms. The summed E-state index contributed by atoms with van der Waals surface area (Å²) in [6.45, 7) is 9.08. The molecule has 0 radical (unpaired) electrons. The average Bonchev–Trinajstić information content (AvgIpc) is 3.29. The molecule has 180 valence electrons. The lowest BCUT2D eigenvalue weighted by molar-refractivity contribution is -0.140. The molecule has 1 unspecified atom stereocenters. The average molecular weight is 454 g/mol. The van der Waals surface area contributed by atoms with Gasteiger partial charge in [-0.1, -0.05) is 70.9 Å². The molecule has 0 aromatic heterocycles. The molecule has 33 heavy (non-hydrogen) atoms. The van der Waals surface area contributed by atoms with Gasteiger partial charge in [0.1, 0.15) is 6.61 Å². The van der Waals surface area contributed by atoms with Gasteiger partial charge in [-0.3, -0.25) is 4.79 Å². The van der Waals surface area contributed by atoms with Crippen LogP contribution >= 0.6 is 0 Å². The number of nitrogens with one attached hydrogen (secondary N) is 1. The molecule has 2 aliphatic rings. The fourth-order valence-electron chi connectivity index (χ4n) is 3.68. The molecule has 1 aromatic rings. The van der Waals surface area contributed by atoms with Gasteiger partial charge in [-0.05, 0) is 55.0 Å². The van der Waals surface area contributed by atoms with E-state index >= 15 is 0 Å². The summed E-state index contributed by atoms with van der Waals surface area (Å²) in [5.41, 5.74) is 1.90. The van der Waals surface area contributed by atoms with E-state index in [0.717, 1.165) is 37.7 Å². The number of amides is 1.